The van der Waals surface area contributed by atoms with Crippen LogP contribution in [0.15, 0.2) is 70.1 Å². The lowest BCUT2D eigenvalue weighted by Crippen LogP contribution is -2.47. The summed E-state index contributed by atoms with van der Waals surface area (Å²) in [6.07, 6.45) is 3.39. The first-order valence-electron chi connectivity index (χ1n) is 21.1. The zero-order valence-corrected chi connectivity index (χ0v) is 38.8. The number of ether oxygens (including phenoxy) is 5. The van der Waals surface area contributed by atoms with Crippen molar-refractivity contribution in [2.75, 3.05) is 90.6 Å². The molecule has 4 heterocycles. The second kappa shape index (κ2) is 25.1. The highest BCUT2D eigenvalue weighted by molar-refractivity contribution is 8.00. The monoisotopic (exact) mass is 951 g/mol. The summed E-state index contributed by atoms with van der Waals surface area (Å²) in [7, 11) is 3.48. The van der Waals surface area contributed by atoms with Crippen molar-refractivity contribution in [3.63, 3.8) is 0 Å². The number of aromatic amines is 1. The third kappa shape index (κ3) is 15.6. The van der Waals surface area contributed by atoms with Crippen LogP contribution in [0.4, 0.5) is 20.0 Å². The van der Waals surface area contributed by atoms with Crippen molar-refractivity contribution in [2.45, 2.75) is 49.7 Å². The van der Waals surface area contributed by atoms with E-state index in [1.54, 1.807) is 66.5 Å². The number of hydrogen-bond acceptors (Lipinski definition) is 16. The van der Waals surface area contributed by atoms with Gasteiger partial charge in [-0.05, 0) is 56.8 Å². The number of rotatable bonds is 24. The first-order valence-corrected chi connectivity index (χ1v) is 22.9. The molecule has 5 aromatic rings. The van der Waals surface area contributed by atoms with Crippen LogP contribution in [0.5, 0.6) is 11.5 Å². The van der Waals surface area contributed by atoms with Crippen molar-refractivity contribution in [1.29, 1.82) is 0 Å². The number of aryl methyl sites for hydroxylation is 1. The Balaban J connectivity index is 0.826. The van der Waals surface area contributed by atoms with E-state index in [1.165, 1.54) is 30.7 Å². The maximum atomic E-state index is 14.7. The molecule has 2 atom stereocenters. The smallest absolute Gasteiger partial charge is 0.345 e. The van der Waals surface area contributed by atoms with Gasteiger partial charge in [-0.15, -0.1) is 16.4 Å². The first-order chi connectivity index (χ1) is 31.9. The van der Waals surface area contributed by atoms with Gasteiger partial charge in [-0.1, -0.05) is 23.0 Å². The second-order valence-corrected chi connectivity index (χ2v) is 17.2. The van der Waals surface area contributed by atoms with E-state index >= 15 is 0 Å². The molecule has 0 aliphatic carbocycles. The Labute approximate surface area is 388 Å². The molecule has 0 unspecified atom stereocenters. The van der Waals surface area contributed by atoms with Crippen LogP contribution >= 0.6 is 23.1 Å². The van der Waals surface area contributed by atoms with Crippen LogP contribution in [-0.4, -0.2) is 143 Å². The number of amides is 4. The fourth-order valence-corrected chi connectivity index (χ4v) is 8.08. The second-order valence-electron chi connectivity index (χ2n) is 15.1. The number of carbonyl (C=O) groups excluding carboxylic acids is 3. The molecule has 0 radical (unpaired) electrons. The molecule has 4 N–H and O–H groups in total. The Morgan fingerprint density at radius 2 is 1.68 bits per heavy atom. The molecule has 23 heteroatoms. The zero-order chi connectivity index (χ0) is 46.8. The molecule has 2 aromatic carbocycles. The molecule has 354 valence electrons. The van der Waals surface area contributed by atoms with Crippen molar-refractivity contribution >= 4 is 51.8 Å². The minimum atomic E-state index is -0.780. The number of hydrogen-bond donors (Lipinski definition) is 4. The molecule has 0 spiro atoms. The van der Waals surface area contributed by atoms with Crippen LogP contribution in [-0.2, 0) is 43.4 Å². The Hall–Kier alpha value is -5.98. The molecule has 1 fully saturated rings. The molecular formula is C43H54FN11O9S2. The fraction of sp³-hybridized carbons (Fsp3) is 0.442. The van der Waals surface area contributed by atoms with Crippen molar-refractivity contribution < 1.29 is 42.5 Å². The number of nitrogens with one attached hydrogen (secondary N) is 4. The quantitative estimate of drug-likeness (QED) is 0.0391. The van der Waals surface area contributed by atoms with E-state index in [1.807, 2.05) is 11.9 Å². The lowest BCUT2D eigenvalue weighted by Gasteiger charge is -2.32. The number of H-pyrrole nitrogens is 1. The summed E-state index contributed by atoms with van der Waals surface area (Å²) < 4.78 is 44.4. The van der Waals surface area contributed by atoms with Crippen LogP contribution in [0.1, 0.15) is 35.5 Å². The van der Waals surface area contributed by atoms with Crippen LogP contribution in [0.3, 0.4) is 0 Å². The minimum absolute atomic E-state index is 0.00677. The molecule has 1 saturated heterocycles. The standard InChI is InChI=1S/C43H54FN11O9S2/c1-28-23-45-41(58)49-40(28)66-37(39(57)46-29(2)35-10-9-34(60-4)22-36(35)44)26-63-20-19-62-18-17-61-16-15-55-24-32(51-52-55)25-64-33-7-5-30(6-8-33)47-42(59)50-43-48-31(27-65-43)21-38(56)54-13-11-53(3)12-14-54/h5-10,22-24,27,29,37H,11-21,25-26H2,1-4H3,(H,46,57)(H,45,49,58)(H2,47,48,50,59)/t29-,37+/m1/s1. The number of urea groups is 1. The topological polar surface area (TPSA) is 229 Å². The van der Waals surface area contributed by atoms with Gasteiger partial charge in [0.15, 0.2) is 5.13 Å². The molecule has 66 heavy (non-hydrogen) atoms. The molecule has 3 aromatic heterocycles. The van der Waals surface area contributed by atoms with Gasteiger partial charge in [0.05, 0.1) is 82.7 Å². The molecule has 0 bridgehead atoms. The lowest BCUT2D eigenvalue weighted by atomic mass is 10.1. The number of thioether (sulfide) groups is 1. The van der Waals surface area contributed by atoms with Crippen molar-refractivity contribution in [1.82, 2.24) is 45.1 Å². The highest BCUT2D eigenvalue weighted by Crippen LogP contribution is 2.27. The first kappa shape index (κ1) is 49.5. The predicted octanol–water partition coefficient (Wildman–Crippen LogP) is 3.90. The number of halogens is 1. The molecule has 1 aliphatic heterocycles. The third-order valence-electron chi connectivity index (χ3n) is 10.1. The number of anilines is 2. The van der Waals surface area contributed by atoms with E-state index in [2.05, 4.69) is 46.1 Å². The van der Waals surface area contributed by atoms with Gasteiger partial charge in [-0.25, -0.2) is 28.6 Å². The number of aromatic nitrogens is 6. The van der Waals surface area contributed by atoms with E-state index in [4.69, 9.17) is 23.7 Å². The maximum Gasteiger partial charge on any atom is 0.345 e. The van der Waals surface area contributed by atoms with Crippen LogP contribution in [0, 0.1) is 12.7 Å². The van der Waals surface area contributed by atoms with Crippen molar-refractivity contribution in [3.05, 3.63) is 99.1 Å². The molecule has 1 aliphatic rings. The summed E-state index contributed by atoms with van der Waals surface area (Å²) in [6.45, 7) is 8.64. The predicted molar refractivity (Wildman–Crippen MR) is 245 cm³/mol. The number of benzene rings is 2. The Morgan fingerprint density at radius 1 is 0.955 bits per heavy atom. The molecular weight excluding hydrogens is 898 g/mol. The summed E-state index contributed by atoms with van der Waals surface area (Å²) >= 11 is 2.39. The van der Waals surface area contributed by atoms with Crippen molar-refractivity contribution in [2.24, 2.45) is 0 Å². The lowest BCUT2D eigenvalue weighted by molar-refractivity contribution is -0.132. The van der Waals surface area contributed by atoms with Crippen LogP contribution in [0.25, 0.3) is 0 Å². The van der Waals surface area contributed by atoms with Crippen molar-refractivity contribution in [3.8, 4) is 11.5 Å². The van der Waals surface area contributed by atoms with Crippen LogP contribution in [0.2, 0.25) is 0 Å². The SMILES string of the molecule is COc1ccc([C@@H](C)NC(=O)[C@H](COCCOCCOCCn2cc(COc3ccc(NC(=O)Nc4nc(CC(=O)N5CCN(C)CC5)cs4)cc3)nn2)Sc2[nH]c(=O)ncc2C)c(F)c1. The van der Waals surface area contributed by atoms with Gasteiger partial charge in [-0.2, -0.15) is 0 Å². The Bertz CT molecular complexity index is 2410. The van der Waals surface area contributed by atoms with Gasteiger partial charge in [0.1, 0.15) is 34.9 Å². The largest absolute Gasteiger partial charge is 0.497 e. The Kier molecular flexibility index (Phi) is 18.8. The van der Waals surface area contributed by atoms with Gasteiger partial charge in [0.25, 0.3) is 0 Å². The average molecular weight is 952 g/mol. The number of carbonyl (C=O) groups is 3. The molecule has 0 saturated carbocycles. The maximum absolute atomic E-state index is 14.7. The van der Waals surface area contributed by atoms with E-state index in [0.29, 0.717) is 89.3 Å². The number of piperazine rings is 1. The summed E-state index contributed by atoms with van der Waals surface area (Å²) in [5, 5.41) is 18.5. The van der Waals surface area contributed by atoms with Gasteiger partial charge < -0.3 is 49.1 Å². The normalized spacial score (nSPS) is 13.8. The Morgan fingerprint density at radius 3 is 2.42 bits per heavy atom. The number of methoxy groups -OCH3 is 1. The van der Waals surface area contributed by atoms with E-state index in [0.717, 1.165) is 24.9 Å². The highest BCUT2D eigenvalue weighted by atomic mass is 32.2. The zero-order valence-electron chi connectivity index (χ0n) is 37.1. The molecule has 20 nitrogen and oxygen atoms in total. The van der Waals surface area contributed by atoms with E-state index in [9.17, 15) is 23.6 Å². The number of nitrogens with zero attached hydrogens (tertiary/aromatic N) is 7. The van der Waals surface area contributed by atoms with E-state index in [-0.39, 0.29) is 38.8 Å². The summed E-state index contributed by atoms with van der Waals surface area (Å²) in [5.41, 5.74) is 2.24. The highest BCUT2D eigenvalue weighted by Gasteiger charge is 2.25. The fourth-order valence-electron chi connectivity index (χ4n) is 6.36. The van der Waals surface area contributed by atoms with Crippen LogP contribution < -0.4 is 31.1 Å². The van der Waals surface area contributed by atoms with Gasteiger partial charge in [-0.3, -0.25) is 14.9 Å². The molecule has 6 rings (SSSR count). The summed E-state index contributed by atoms with van der Waals surface area (Å²) in [4.78, 5) is 65.3. The van der Waals surface area contributed by atoms with Gasteiger partial charge >= 0.3 is 11.7 Å². The molecule has 4 amide bonds. The third-order valence-corrected chi connectivity index (χ3v) is 12.2. The van der Waals surface area contributed by atoms with Gasteiger partial charge in [0, 0.05) is 55.1 Å². The summed E-state index contributed by atoms with van der Waals surface area (Å²) in [6, 6.07) is 10.2. The average Bonchev–Trinajstić information content (AvgIpc) is 3.96. The van der Waals surface area contributed by atoms with E-state index < -0.39 is 34.7 Å². The summed E-state index contributed by atoms with van der Waals surface area (Å²) in [5.74, 6) is 0.0617. The number of likely N-dealkylation sites (N-methyl/N-ethyl adjacent to an activating group) is 1. The number of thiazole rings is 1. The minimum Gasteiger partial charge on any atom is -0.497 e. The van der Waals surface area contributed by atoms with Gasteiger partial charge in [0.2, 0.25) is 11.8 Å².